The molecule has 0 aromatic heterocycles. The Kier molecular flexibility index (Phi) is 3.13. The summed E-state index contributed by atoms with van der Waals surface area (Å²) in [5.41, 5.74) is 4.44. The highest BCUT2D eigenvalue weighted by Crippen LogP contribution is 2.32. The van der Waals surface area contributed by atoms with Gasteiger partial charge in [-0.15, -0.1) is 0 Å². The van der Waals surface area contributed by atoms with Crippen LogP contribution in [0.25, 0.3) is 0 Å². The van der Waals surface area contributed by atoms with Crippen LogP contribution < -0.4 is 0 Å². The molecule has 0 unspecified atom stereocenters. The number of ketones is 1. The lowest BCUT2D eigenvalue weighted by atomic mass is 9.89. The highest BCUT2D eigenvalue weighted by molar-refractivity contribution is 6.08. The van der Waals surface area contributed by atoms with E-state index in [0.29, 0.717) is 5.78 Å². The molecule has 0 heterocycles. The predicted molar refractivity (Wildman–Crippen MR) is 66.7 cm³/mol. The molecule has 1 saturated carbocycles. The Balaban J connectivity index is 2.35. The molecule has 0 saturated heterocycles. The molecular weight excluding hydrogens is 196 g/mol. The van der Waals surface area contributed by atoms with Crippen molar-refractivity contribution in [1.29, 1.82) is 0 Å². The Morgan fingerprint density at radius 1 is 1.00 bits per heavy atom. The maximum atomic E-state index is 12.4. The SMILES string of the molecule is Cc1cc(C)c(C(=O)[C]2CCCC2)c(C)c1. The molecule has 1 aliphatic rings. The van der Waals surface area contributed by atoms with Gasteiger partial charge < -0.3 is 0 Å². The van der Waals surface area contributed by atoms with Gasteiger partial charge in [-0.05, 0) is 44.7 Å². The fourth-order valence-corrected chi connectivity index (χ4v) is 2.74. The summed E-state index contributed by atoms with van der Waals surface area (Å²) in [5, 5.41) is 0. The summed E-state index contributed by atoms with van der Waals surface area (Å²) < 4.78 is 0. The second-order valence-corrected chi connectivity index (χ2v) is 4.91. The third-order valence-corrected chi connectivity index (χ3v) is 3.43. The van der Waals surface area contributed by atoms with Gasteiger partial charge in [0, 0.05) is 11.5 Å². The van der Waals surface area contributed by atoms with Crippen LogP contribution in [0.3, 0.4) is 0 Å². The number of Topliss-reactive ketones (excluding diaryl/α,β-unsaturated/α-hetero) is 1. The summed E-state index contributed by atoms with van der Waals surface area (Å²) in [5.74, 6) is 1.43. The first-order chi connectivity index (χ1) is 7.59. The van der Waals surface area contributed by atoms with Crippen LogP contribution in [0.15, 0.2) is 12.1 Å². The van der Waals surface area contributed by atoms with E-state index >= 15 is 0 Å². The number of hydrogen-bond acceptors (Lipinski definition) is 1. The summed E-state index contributed by atoms with van der Waals surface area (Å²) in [6, 6.07) is 4.21. The zero-order valence-corrected chi connectivity index (χ0v) is 10.4. The van der Waals surface area contributed by atoms with E-state index in [9.17, 15) is 4.79 Å². The van der Waals surface area contributed by atoms with Crippen LogP contribution in [0.2, 0.25) is 0 Å². The van der Waals surface area contributed by atoms with Crippen LogP contribution in [0.5, 0.6) is 0 Å². The summed E-state index contributed by atoms with van der Waals surface area (Å²) >= 11 is 0. The van der Waals surface area contributed by atoms with Crippen LogP contribution in [0.4, 0.5) is 0 Å². The van der Waals surface area contributed by atoms with Crippen molar-refractivity contribution in [3.05, 3.63) is 40.3 Å². The monoisotopic (exact) mass is 215 g/mol. The first-order valence-electron chi connectivity index (χ1n) is 6.07. The minimum Gasteiger partial charge on any atom is -0.293 e. The molecule has 0 N–H and O–H groups in total. The van der Waals surface area contributed by atoms with Gasteiger partial charge in [-0.2, -0.15) is 0 Å². The van der Waals surface area contributed by atoms with Gasteiger partial charge in [0.25, 0.3) is 0 Å². The summed E-state index contributed by atoms with van der Waals surface area (Å²) in [6.45, 7) is 6.17. The van der Waals surface area contributed by atoms with E-state index in [2.05, 4.69) is 19.1 Å². The average Bonchev–Trinajstić information content (AvgIpc) is 2.67. The largest absolute Gasteiger partial charge is 0.293 e. The first kappa shape index (κ1) is 11.4. The molecule has 0 spiro atoms. The van der Waals surface area contributed by atoms with Gasteiger partial charge in [0.1, 0.15) is 0 Å². The summed E-state index contributed by atoms with van der Waals surface area (Å²) in [7, 11) is 0. The molecule has 1 nitrogen and oxygen atoms in total. The molecule has 0 amide bonds. The average molecular weight is 215 g/mol. The number of rotatable bonds is 2. The Labute approximate surface area is 97.9 Å². The Hall–Kier alpha value is -1.11. The van der Waals surface area contributed by atoms with Crippen LogP contribution in [-0.4, -0.2) is 5.78 Å². The van der Waals surface area contributed by atoms with Crippen molar-refractivity contribution in [3.8, 4) is 0 Å². The van der Waals surface area contributed by atoms with Crippen molar-refractivity contribution in [3.63, 3.8) is 0 Å². The quantitative estimate of drug-likeness (QED) is 0.683. The first-order valence-corrected chi connectivity index (χ1v) is 6.07. The lowest BCUT2D eigenvalue weighted by Crippen LogP contribution is -2.12. The minimum absolute atomic E-state index is 0.299. The smallest absolute Gasteiger partial charge is 0.170 e. The maximum absolute atomic E-state index is 12.4. The highest BCUT2D eigenvalue weighted by atomic mass is 16.1. The molecule has 0 aliphatic heterocycles. The fraction of sp³-hybridized carbons (Fsp3) is 0.467. The third kappa shape index (κ3) is 2.04. The Morgan fingerprint density at radius 3 is 2.00 bits per heavy atom. The zero-order chi connectivity index (χ0) is 11.7. The topological polar surface area (TPSA) is 17.1 Å². The van der Waals surface area contributed by atoms with Gasteiger partial charge in [0.05, 0.1) is 0 Å². The number of benzene rings is 1. The second kappa shape index (κ2) is 4.40. The van der Waals surface area contributed by atoms with Gasteiger partial charge in [-0.3, -0.25) is 4.79 Å². The molecule has 1 radical (unpaired) electrons. The number of aryl methyl sites for hydroxylation is 3. The van der Waals surface area contributed by atoms with E-state index in [4.69, 9.17) is 0 Å². The molecule has 85 valence electrons. The number of hydrogen-bond donors (Lipinski definition) is 0. The van der Waals surface area contributed by atoms with Gasteiger partial charge in [0.15, 0.2) is 5.78 Å². The van der Waals surface area contributed by atoms with E-state index in [-0.39, 0.29) is 0 Å². The fourth-order valence-electron chi connectivity index (χ4n) is 2.74. The predicted octanol–water partition coefficient (Wildman–Crippen LogP) is 3.94. The summed E-state index contributed by atoms with van der Waals surface area (Å²) in [4.78, 5) is 12.4. The molecule has 0 atom stereocenters. The lowest BCUT2D eigenvalue weighted by Gasteiger charge is -2.13. The van der Waals surface area contributed by atoms with E-state index < -0.39 is 0 Å². The minimum atomic E-state index is 0.299. The number of carbonyl (C=O) groups excluding carboxylic acids is 1. The van der Waals surface area contributed by atoms with Crippen molar-refractivity contribution >= 4 is 5.78 Å². The Bertz CT molecular complexity index is 388. The van der Waals surface area contributed by atoms with E-state index in [1.54, 1.807) is 0 Å². The molecule has 1 heteroatoms. The highest BCUT2D eigenvalue weighted by Gasteiger charge is 2.26. The van der Waals surface area contributed by atoms with Gasteiger partial charge in [-0.25, -0.2) is 0 Å². The maximum Gasteiger partial charge on any atom is 0.170 e. The standard InChI is InChI=1S/C15H19O/c1-10-8-11(2)14(12(3)9-10)15(16)13-6-4-5-7-13/h8-9H,4-7H2,1-3H3. The van der Waals surface area contributed by atoms with Crippen molar-refractivity contribution in [2.75, 3.05) is 0 Å². The van der Waals surface area contributed by atoms with Crippen LogP contribution in [-0.2, 0) is 0 Å². The van der Waals surface area contributed by atoms with Crippen molar-refractivity contribution in [1.82, 2.24) is 0 Å². The van der Waals surface area contributed by atoms with Crippen molar-refractivity contribution in [2.45, 2.75) is 46.5 Å². The molecule has 1 aromatic rings. The molecule has 1 aliphatic carbocycles. The zero-order valence-electron chi connectivity index (χ0n) is 10.4. The molecule has 1 fully saturated rings. The molecule has 0 bridgehead atoms. The second-order valence-electron chi connectivity index (χ2n) is 4.91. The van der Waals surface area contributed by atoms with Crippen LogP contribution in [0, 0.1) is 26.7 Å². The van der Waals surface area contributed by atoms with Gasteiger partial charge in [-0.1, -0.05) is 30.5 Å². The van der Waals surface area contributed by atoms with E-state index in [1.165, 1.54) is 18.4 Å². The molecule has 16 heavy (non-hydrogen) atoms. The summed E-state index contributed by atoms with van der Waals surface area (Å²) in [6.07, 6.45) is 4.38. The van der Waals surface area contributed by atoms with E-state index in [0.717, 1.165) is 35.4 Å². The van der Waals surface area contributed by atoms with Crippen molar-refractivity contribution < 1.29 is 4.79 Å². The Morgan fingerprint density at radius 2 is 1.50 bits per heavy atom. The number of carbonyl (C=O) groups is 1. The van der Waals surface area contributed by atoms with Crippen molar-refractivity contribution in [2.24, 2.45) is 0 Å². The van der Waals surface area contributed by atoms with Crippen LogP contribution >= 0.6 is 0 Å². The molecule has 2 rings (SSSR count). The van der Waals surface area contributed by atoms with E-state index in [1.807, 2.05) is 13.8 Å². The normalized spacial score (nSPS) is 16.7. The van der Waals surface area contributed by atoms with Gasteiger partial charge >= 0.3 is 0 Å². The van der Waals surface area contributed by atoms with Crippen LogP contribution in [0.1, 0.15) is 52.7 Å². The third-order valence-electron chi connectivity index (χ3n) is 3.43. The molecular formula is C15H19O. The van der Waals surface area contributed by atoms with Gasteiger partial charge in [0.2, 0.25) is 0 Å². The lowest BCUT2D eigenvalue weighted by molar-refractivity contribution is 0.100. The molecule has 1 aromatic carbocycles.